The minimum absolute atomic E-state index is 0.0704. The zero-order chi connectivity index (χ0) is 15.0. The number of hydrogen-bond donors (Lipinski definition) is 1. The lowest BCUT2D eigenvalue weighted by Crippen LogP contribution is -2.58. The average Bonchev–Trinajstić information content (AvgIpc) is 2.46. The maximum atomic E-state index is 6.01. The lowest BCUT2D eigenvalue weighted by molar-refractivity contribution is 0.115. The molecule has 3 rings (SSSR count). The van der Waals surface area contributed by atoms with Crippen LogP contribution in [0.4, 0.5) is 5.69 Å². The van der Waals surface area contributed by atoms with Gasteiger partial charge in [-0.25, -0.2) is 0 Å². The second kappa shape index (κ2) is 6.27. The van der Waals surface area contributed by atoms with Crippen molar-refractivity contribution < 1.29 is 0 Å². The highest BCUT2D eigenvalue weighted by molar-refractivity contribution is 9.10. The highest BCUT2D eigenvalue weighted by atomic mass is 79.9. The van der Waals surface area contributed by atoms with Crippen molar-refractivity contribution in [3.8, 4) is 0 Å². The minimum Gasteiger partial charge on any atom is -0.366 e. The Morgan fingerprint density at radius 2 is 2.10 bits per heavy atom. The summed E-state index contributed by atoms with van der Waals surface area (Å²) >= 11 is 3.69. The van der Waals surface area contributed by atoms with E-state index in [2.05, 4.69) is 50.9 Å². The largest absolute Gasteiger partial charge is 0.366 e. The average molecular weight is 352 g/mol. The number of anilines is 1. The number of benzene rings is 1. The van der Waals surface area contributed by atoms with Crippen molar-refractivity contribution in [2.24, 2.45) is 5.73 Å². The van der Waals surface area contributed by atoms with Gasteiger partial charge in [-0.15, -0.1) is 0 Å². The van der Waals surface area contributed by atoms with Crippen molar-refractivity contribution in [1.29, 1.82) is 0 Å². The molecule has 0 aromatic heterocycles. The quantitative estimate of drug-likeness (QED) is 0.884. The topological polar surface area (TPSA) is 32.5 Å². The maximum absolute atomic E-state index is 6.01. The molecule has 2 N–H and O–H groups in total. The first-order valence-electron chi connectivity index (χ1n) is 8.12. The summed E-state index contributed by atoms with van der Waals surface area (Å²) in [4.78, 5) is 5.26. The summed E-state index contributed by atoms with van der Waals surface area (Å²) in [6.07, 6.45) is 4.11. The summed E-state index contributed by atoms with van der Waals surface area (Å²) in [5.41, 5.74) is 8.51. The third kappa shape index (κ3) is 3.13. The summed E-state index contributed by atoms with van der Waals surface area (Å²) in [6, 6.07) is 8.03. The van der Waals surface area contributed by atoms with Gasteiger partial charge in [-0.05, 0) is 50.9 Å². The molecule has 0 aliphatic carbocycles. The number of piperazine rings is 1. The van der Waals surface area contributed by atoms with Gasteiger partial charge in [0.2, 0.25) is 0 Å². The first-order chi connectivity index (χ1) is 10.1. The molecule has 2 heterocycles. The number of nitrogens with two attached hydrogens (primary N) is 1. The van der Waals surface area contributed by atoms with E-state index in [1.165, 1.54) is 43.6 Å². The van der Waals surface area contributed by atoms with E-state index in [-0.39, 0.29) is 6.04 Å². The van der Waals surface area contributed by atoms with Crippen LogP contribution in [-0.2, 0) is 0 Å². The van der Waals surface area contributed by atoms with Crippen molar-refractivity contribution in [1.82, 2.24) is 4.90 Å². The second-order valence-corrected chi connectivity index (χ2v) is 7.49. The summed E-state index contributed by atoms with van der Waals surface area (Å²) in [5.74, 6) is 0. The molecular weight excluding hydrogens is 326 g/mol. The number of piperidine rings is 1. The van der Waals surface area contributed by atoms with Crippen LogP contribution in [-0.4, -0.2) is 36.6 Å². The van der Waals surface area contributed by atoms with E-state index in [9.17, 15) is 0 Å². The van der Waals surface area contributed by atoms with E-state index < -0.39 is 0 Å². The maximum Gasteiger partial charge on any atom is 0.0389 e. The van der Waals surface area contributed by atoms with Crippen LogP contribution in [0.2, 0.25) is 0 Å². The third-order valence-corrected chi connectivity index (χ3v) is 5.68. The molecule has 0 spiro atoms. The van der Waals surface area contributed by atoms with Gasteiger partial charge in [-0.2, -0.15) is 0 Å². The van der Waals surface area contributed by atoms with Gasteiger partial charge >= 0.3 is 0 Å². The molecule has 116 valence electrons. The fourth-order valence-corrected chi connectivity index (χ4v) is 4.50. The molecule has 0 saturated carbocycles. The second-order valence-electron chi connectivity index (χ2n) is 6.64. The van der Waals surface area contributed by atoms with Crippen molar-refractivity contribution in [3.05, 3.63) is 28.2 Å². The fourth-order valence-electron chi connectivity index (χ4n) is 3.78. The summed E-state index contributed by atoms with van der Waals surface area (Å²) in [6.45, 7) is 8.01. The van der Waals surface area contributed by atoms with Crippen molar-refractivity contribution in [3.63, 3.8) is 0 Å². The molecule has 3 atom stereocenters. The molecule has 2 aliphatic rings. The van der Waals surface area contributed by atoms with Gasteiger partial charge in [-0.3, -0.25) is 4.90 Å². The number of hydrogen-bond acceptors (Lipinski definition) is 3. The van der Waals surface area contributed by atoms with E-state index in [0.717, 1.165) is 17.1 Å². The van der Waals surface area contributed by atoms with Crippen LogP contribution in [0.15, 0.2) is 22.7 Å². The van der Waals surface area contributed by atoms with E-state index in [4.69, 9.17) is 5.73 Å². The SMILES string of the molecule is CC1CN2CCCCC2CN1c1ccc([C@@H](C)N)c(Br)c1. The van der Waals surface area contributed by atoms with Crippen LogP contribution >= 0.6 is 15.9 Å². The number of fused-ring (bicyclic) bond motifs is 1. The van der Waals surface area contributed by atoms with E-state index in [1.807, 2.05) is 6.92 Å². The number of rotatable bonds is 2. The van der Waals surface area contributed by atoms with Crippen molar-refractivity contribution in [2.45, 2.75) is 51.2 Å². The molecule has 21 heavy (non-hydrogen) atoms. The Morgan fingerprint density at radius 3 is 2.81 bits per heavy atom. The zero-order valence-electron chi connectivity index (χ0n) is 13.1. The normalized spacial score (nSPS) is 28.3. The van der Waals surface area contributed by atoms with Gasteiger partial charge in [0, 0.05) is 41.4 Å². The Balaban J connectivity index is 1.81. The molecule has 0 bridgehead atoms. The molecule has 2 unspecified atom stereocenters. The first-order valence-corrected chi connectivity index (χ1v) is 8.91. The fraction of sp³-hybridized carbons (Fsp3) is 0.647. The van der Waals surface area contributed by atoms with Gasteiger partial charge in [0.05, 0.1) is 0 Å². The molecule has 0 amide bonds. The van der Waals surface area contributed by atoms with Gasteiger partial charge in [-0.1, -0.05) is 28.4 Å². The number of nitrogens with zero attached hydrogens (tertiary/aromatic N) is 2. The Morgan fingerprint density at radius 1 is 1.29 bits per heavy atom. The van der Waals surface area contributed by atoms with Crippen LogP contribution in [0.25, 0.3) is 0 Å². The highest BCUT2D eigenvalue weighted by Crippen LogP contribution is 2.32. The van der Waals surface area contributed by atoms with E-state index >= 15 is 0 Å². The van der Waals surface area contributed by atoms with Crippen LogP contribution in [0.5, 0.6) is 0 Å². The summed E-state index contributed by atoms with van der Waals surface area (Å²) in [7, 11) is 0. The first kappa shape index (κ1) is 15.3. The van der Waals surface area contributed by atoms with Crippen LogP contribution in [0, 0.1) is 0 Å². The molecule has 1 aromatic carbocycles. The lowest BCUT2D eigenvalue weighted by atomic mass is 9.96. The van der Waals surface area contributed by atoms with Gasteiger partial charge in [0.1, 0.15) is 0 Å². The van der Waals surface area contributed by atoms with Crippen LogP contribution in [0.3, 0.4) is 0 Å². The lowest BCUT2D eigenvalue weighted by Gasteiger charge is -2.48. The standard InChI is InChI=1S/C17H26BrN3/c1-12-10-20-8-4-3-5-15(20)11-21(12)14-6-7-16(13(2)19)17(18)9-14/h6-7,9,12-13,15H,3-5,8,10-11,19H2,1-2H3/t12?,13-,15?/m1/s1. The Labute approximate surface area is 136 Å². The Kier molecular flexibility index (Phi) is 4.57. The van der Waals surface area contributed by atoms with Gasteiger partial charge in [0.25, 0.3) is 0 Å². The Hall–Kier alpha value is -0.580. The molecule has 1 aromatic rings. The Bertz CT molecular complexity index is 503. The predicted molar refractivity (Wildman–Crippen MR) is 92.8 cm³/mol. The molecule has 2 fully saturated rings. The van der Waals surface area contributed by atoms with Crippen molar-refractivity contribution >= 4 is 21.6 Å². The third-order valence-electron chi connectivity index (χ3n) is 4.99. The van der Waals surface area contributed by atoms with E-state index in [1.54, 1.807) is 0 Å². The van der Waals surface area contributed by atoms with Crippen LogP contribution in [0.1, 0.15) is 44.7 Å². The molecule has 2 aliphatic heterocycles. The number of halogens is 1. The molecule has 4 heteroatoms. The van der Waals surface area contributed by atoms with Crippen molar-refractivity contribution in [2.75, 3.05) is 24.5 Å². The molecule has 2 saturated heterocycles. The highest BCUT2D eigenvalue weighted by Gasteiger charge is 2.33. The zero-order valence-corrected chi connectivity index (χ0v) is 14.6. The van der Waals surface area contributed by atoms with Crippen LogP contribution < -0.4 is 10.6 Å². The van der Waals surface area contributed by atoms with E-state index in [0.29, 0.717) is 6.04 Å². The molecule has 3 nitrogen and oxygen atoms in total. The summed E-state index contributed by atoms with van der Waals surface area (Å²) in [5, 5.41) is 0. The minimum atomic E-state index is 0.0704. The van der Waals surface area contributed by atoms with Gasteiger partial charge in [0.15, 0.2) is 0 Å². The molecular formula is C17H26BrN3. The molecule has 0 radical (unpaired) electrons. The predicted octanol–water partition coefficient (Wildman–Crippen LogP) is 3.53. The monoisotopic (exact) mass is 351 g/mol. The summed E-state index contributed by atoms with van der Waals surface area (Å²) < 4.78 is 1.13. The smallest absolute Gasteiger partial charge is 0.0389 e. The van der Waals surface area contributed by atoms with Gasteiger partial charge < -0.3 is 10.6 Å².